The molecule has 0 nitrogen and oxygen atoms in total. The Morgan fingerprint density at radius 3 is 2.36 bits per heavy atom. The molecule has 1 heteroatoms. The molecule has 0 atom stereocenters. The molecule has 0 aliphatic heterocycles. The molecule has 1 rings (SSSR count). The maximum absolute atomic E-state index is 2.30. The first-order valence-electron chi connectivity index (χ1n) is 4.22. The van der Waals surface area contributed by atoms with Gasteiger partial charge in [-0.1, -0.05) is 30.1 Å². The van der Waals surface area contributed by atoms with Crippen molar-refractivity contribution < 1.29 is 0 Å². The van der Waals surface area contributed by atoms with Crippen molar-refractivity contribution in [3.05, 3.63) is 28.8 Å². The average molecular weight is 146 g/mol. The van der Waals surface area contributed by atoms with E-state index in [1.165, 1.54) is 22.2 Å². The van der Waals surface area contributed by atoms with Crippen molar-refractivity contribution in [1.82, 2.24) is 0 Å². The van der Waals surface area contributed by atoms with Gasteiger partial charge in [0.15, 0.2) is 0 Å². The van der Waals surface area contributed by atoms with E-state index >= 15 is 0 Å². The SMILES string of the molecule is Bc1cc(C)c(CC)cc1C. The number of aryl methyl sites for hydroxylation is 3. The highest BCUT2D eigenvalue weighted by Crippen LogP contribution is 2.08. The first-order chi connectivity index (χ1) is 5.15. The molecule has 0 bridgehead atoms. The first kappa shape index (κ1) is 8.38. The lowest BCUT2D eigenvalue weighted by Gasteiger charge is -2.07. The van der Waals surface area contributed by atoms with Crippen LogP contribution in [-0.4, -0.2) is 7.85 Å². The normalized spacial score (nSPS) is 10.1. The Morgan fingerprint density at radius 2 is 1.82 bits per heavy atom. The minimum atomic E-state index is 1.15. The fourth-order valence-corrected chi connectivity index (χ4v) is 1.40. The zero-order chi connectivity index (χ0) is 8.43. The molecule has 0 spiro atoms. The Balaban J connectivity index is 3.21. The molecule has 0 N–H and O–H groups in total. The number of hydrogen-bond acceptors (Lipinski definition) is 0. The summed E-state index contributed by atoms with van der Waals surface area (Å²) in [5.74, 6) is 0. The lowest BCUT2D eigenvalue weighted by Crippen LogP contribution is -2.08. The second-order valence-corrected chi connectivity index (χ2v) is 3.22. The monoisotopic (exact) mass is 146 g/mol. The van der Waals surface area contributed by atoms with Crippen LogP contribution in [0.15, 0.2) is 12.1 Å². The topological polar surface area (TPSA) is 0 Å². The van der Waals surface area contributed by atoms with Crippen molar-refractivity contribution >= 4 is 13.3 Å². The molecule has 0 saturated carbocycles. The van der Waals surface area contributed by atoms with Gasteiger partial charge in [0.05, 0.1) is 0 Å². The van der Waals surface area contributed by atoms with Gasteiger partial charge in [0.2, 0.25) is 0 Å². The number of benzene rings is 1. The highest BCUT2D eigenvalue weighted by molar-refractivity contribution is 6.33. The average Bonchev–Trinajstić information content (AvgIpc) is 1.97. The fraction of sp³-hybridized carbons (Fsp3) is 0.400. The van der Waals surface area contributed by atoms with Crippen LogP contribution < -0.4 is 5.46 Å². The van der Waals surface area contributed by atoms with Gasteiger partial charge in [-0.25, -0.2) is 0 Å². The maximum Gasteiger partial charge on any atom is 0.139 e. The highest BCUT2D eigenvalue weighted by atomic mass is 14.0. The van der Waals surface area contributed by atoms with Gasteiger partial charge in [0.25, 0.3) is 0 Å². The van der Waals surface area contributed by atoms with Crippen LogP contribution in [-0.2, 0) is 6.42 Å². The molecule has 0 heterocycles. The third-order valence-electron chi connectivity index (χ3n) is 2.33. The van der Waals surface area contributed by atoms with Crippen LogP contribution in [0.3, 0.4) is 0 Å². The van der Waals surface area contributed by atoms with Crippen molar-refractivity contribution in [2.45, 2.75) is 27.2 Å². The molecule has 58 valence electrons. The van der Waals surface area contributed by atoms with Gasteiger partial charge in [0, 0.05) is 0 Å². The lowest BCUT2D eigenvalue weighted by molar-refractivity contribution is 1.10. The molecular formula is C10H15B. The Labute approximate surface area is 70.0 Å². The minimum Gasteiger partial charge on any atom is -0.0858 e. The molecule has 0 aliphatic rings. The van der Waals surface area contributed by atoms with E-state index in [2.05, 4.69) is 40.8 Å². The molecule has 1 aromatic rings. The van der Waals surface area contributed by atoms with E-state index in [4.69, 9.17) is 0 Å². The standard InChI is InChI=1S/C10H15B/c1-4-9-5-8(3)10(11)6-7(9)2/h5-6H,4,11H2,1-3H3. The van der Waals surface area contributed by atoms with Crippen LogP contribution in [0.4, 0.5) is 0 Å². The van der Waals surface area contributed by atoms with Gasteiger partial charge in [0.1, 0.15) is 7.85 Å². The lowest BCUT2D eigenvalue weighted by atomic mass is 9.87. The van der Waals surface area contributed by atoms with Crippen molar-refractivity contribution in [1.29, 1.82) is 0 Å². The Morgan fingerprint density at radius 1 is 1.18 bits per heavy atom. The smallest absolute Gasteiger partial charge is 0.0858 e. The second-order valence-electron chi connectivity index (χ2n) is 3.22. The zero-order valence-corrected chi connectivity index (χ0v) is 7.86. The Hall–Kier alpha value is -0.715. The predicted molar refractivity (Wildman–Crippen MR) is 53.5 cm³/mol. The second kappa shape index (κ2) is 3.12. The van der Waals surface area contributed by atoms with Crippen LogP contribution in [0.25, 0.3) is 0 Å². The molecule has 0 unspecified atom stereocenters. The molecule has 11 heavy (non-hydrogen) atoms. The molecule has 0 fully saturated rings. The summed E-state index contributed by atoms with van der Waals surface area (Å²) < 4.78 is 0. The molecule has 0 saturated heterocycles. The summed E-state index contributed by atoms with van der Waals surface area (Å²) in [6.45, 7) is 6.57. The summed E-state index contributed by atoms with van der Waals surface area (Å²) in [6.07, 6.45) is 1.15. The van der Waals surface area contributed by atoms with Gasteiger partial charge < -0.3 is 0 Å². The quantitative estimate of drug-likeness (QED) is 0.521. The van der Waals surface area contributed by atoms with Crippen LogP contribution in [0.2, 0.25) is 0 Å². The van der Waals surface area contributed by atoms with E-state index < -0.39 is 0 Å². The largest absolute Gasteiger partial charge is 0.139 e. The first-order valence-corrected chi connectivity index (χ1v) is 4.22. The van der Waals surface area contributed by atoms with Gasteiger partial charge in [-0.2, -0.15) is 0 Å². The summed E-state index contributed by atoms with van der Waals surface area (Å²) in [7, 11) is 2.17. The third kappa shape index (κ3) is 1.65. The highest BCUT2D eigenvalue weighted by Gasteiger charge is 1.98. The van der Waals surface area contributed by atoms with Crippen LogP contribution >= 0.6 is 0 Å². The van der Waals surface area contributed by atoms with E-state index in [1.54, 1.807) is 0 Å². The predicted octanol–water partition coefficient (Wildman–Crippen LogP) is 1.12. The molecule has 0 aromatic heterocycles. The van der Waals surface area contributed by atoms with E-state index in [1.807, 2.05) is 0 Å². The van der Waals surface area contributed by atoms with Gasteiger partial charge in [-0.05, 0) is 31.4 Å². The molecule has 0 amide bonds. The van der Waals surface area contributed by atoms with E-state index in [-0.39, 0.29) is 0 Å². The Bertz CT molecular complexity index is 264. The van der Waals surface area contributed by atoms with E-state index in [0.717, 1.165) is 6.42 Å². The summed E-state index contributed by atoms with van der Waals surface area (Å²) in [5, 5.41) is 0. The summed E-state index contributed by atoms with van der Waals surface area (Å²) in [4.78, 5) is 0. The summed E-state index contributed by atoms with van der Waals surface area (Å²) in [5.41, 5.74) is 5.72. The van der Waals surface area contributed by atoms with Gasteiger partial charge in [-0.15, -0.1) is 0 Å². The van der Waals surface area contributed by atoms with E-state index in [0.29, 0.717) is 0 Å². The third-order valence-corrected chi connectivity index (χ3v) is 2.33. The van der Waals surface area contributed by atoms with Gasteiger partial charge in [-0.3, -0.25) is 0 Å². The van der Waals surface area contributed by atoms with E-state index in [9.17, 15) is 0 Å². The molecular weight excluding hydrogens is 131 g/mol. The fourth-order valence-electron chi connectivity index (χ4n) is 1.40. The number of rotatable bonds is 1. The maximum atomic E-state index is 2.30. The van der Waals surface area contributed by atoms with Crippen LogP contribution in [0, 0.1) is 13.8 Å². The minimum absolute atomic E-state index is 1.15. The van der Waals surface area contributed by atoms with Crippen LogP contribution in [0.5, 0.6) is 0 Å². The van der Waals surface area contributed by atoms with Crippen molar-refractivity contribution in [2.75, 3.05) is 0 Å². The van der Waals surface area contributed by atoms with Crippen molar-refractivity contribution in [2.24, 2.45) is 0 Å². The molecule has 1 aromatic carbocycles. The molecule has 0 aliphatic carbocycles. The number of hydrogen-bond donors (Lipinski definition) is 0. The molecule has 0 radical (unpaired) electrons. The van der Waals surface area contributed by atoms with Crippen molar-refractivity contribution in [3.63, 3.8) is 0 Å². The van der Waals surface area contributed by atoms with Crippen molar-refractivity contribution in [3.8, 4) is 0 Å². The van der Waals surface area contributed by atoms with Crippen LogP contribution in [0.1, 0.15) is 23.6 Å². The summed E-state index contributed by atoms with van der Waals surface area (Å²) >= 11 is 0. The Kier molecular flexibility index (Phi) is 2.38. The zero-order valence-electron chi connectivity index (χ0n) is 7.86. The van der Waals surface area contributed by atoms with Gasteiger partial charge >= 0.3 is 0 Å². The summed E-state index contributed by atoms with van der Waals surface area (Å²) in [6, 6.07) is 4.57.